The number of aryl methyl sites for hydroxylation is 1. The lowest BCUT2D eigenvalue weighted by Crippen LogP contribution is -2.14. The molecule has 1 aromatic heterocycles. The maximum Gasteiger partial charge on any atom is 0.137 e. The highest BCUT2D eigenvalue weighted by atomic mass is 35.5. The van der Waals surface area contributed by atoms with E-state index in [1.807, 2.05) is 18.2 Å². The summed E-state index contributed by atoms with van der Waals surface area (Å²) in [4.78, 5) is 7.03. The minimum absolute atomic E-state index is 0.573. The third-order valence-electron chi connectivity index (χ3n) is 4.11. The predicted octanol–water partition coefficient (Wildman–Crippen LogP) is 5.54. The summed E-state index contributed by atoms with van der Waals surface area (Å²) < 4.78 is 0. The highest BCUT2D eigenvalue weighted by Crippen LogP contribution is 2.40. The largest absolute Gasteiger partial charge is 0.324 e. The maximum atomic E-state index is 6.38. The van der Waals surface area contributed by atoms with Crippen LogP contribution in [0.5, 0.6) is 0 Å². The van der Waals surface area contributed by atoms with E-state index in [0.717, 1.165) is 30.0 Å². The molecule has 0 bridgehead atoms. The number of aromatic nitrogens is 1. The number of rotatable bonds is 1. The quantitative estimate of drug-likeness (QED) is 0.582. The van der Waals surface area contributed by atoms with Gasteiger partial charge in [0.1, 0.15) is 5.82 Å². The fraction of sp³-hybridized carbons (Fsp3) is 0.167. The molecule has 0 aliphatic carbocycles. The van der Waals surface area contributed by atoms with E-state index in [0.29, 0.717) is 10.0 Å². The maximum absolute atomic E-state index is 6.38. The van der Waals surface area contributed by atoms with Gasteiger partial charge in [-0.1, -0.05) is 41.4 Å². The molecule has 2 nitrogen and oxygen atoms in total. The third kappa shape index (κ3) is 2.15. The van der Waals surface area contributed by atoms with E-state index in [-0.39, 0.29) is 0 Å². The first-order chi connectivity index (χ1) is 10.6. The van der Waals surface area contributed by atoms with Gasteiger partial charge in [0, 0.05) is 11.9 Å². The van der Waals surface area contributed by atoms with Crippen molar-refractivity contribution < 1.29 is 0 Å². The van der Waals surface area contributed by atoms with Gasteiger partial charge >= 0.3 is 0 Å². The van der Waals surface area contributed by atoms with Gasteiger partial charge in [-0.05, 0) is 48.7 Å². The van der Waals surface area contributed by atoms with Crippen LogP contribution in [-0.2, 0) is 6.42 Å². The van der Waals surface area contributed by atoms with Crippen LogP contribution in [0.2, 0.25) is 10.0 Å². The van der Waals surface area contributed by atoms with Crippen LogP contribution >= 0.6 is 23.2 Å². The van der Waals surface area contributed by atoms with Gasteiger partial charge in [-0.15, -0.1) is 0 Å². The van der Waals surface area contributed by atoms with Crippen molar-refractivity contribution in [3.05, 3.63) is 63.6 Å². The van der Waals surface area contributed by atoms with Crippen molar-refractivity contribution in [1.82, 2.24) is 4.98 Å². The Morgan fingerprint density at radius 1 is 1.09 bits per heavy atom. The van der Waals surface area contributed by atoms with Gasteiger partial charge in [0.2, 0.25) is 0 Å². The first-order valence-corrected chi connectivity index (χ1v) is 8.01. The Morgan fingerprint density at radius 2 is 1.95 bits per heavy atom. The highest BCUT2D eigenvalue weighted by Gasteiger charge is 2.24. The van der Waals surface area contributed by atoms with Crippen molar-refractivity contribution in [2.45, 2.75) is 13.3 Å². The number of halogens is 2. The summed E-state index contributed by atoms with van der Waals surface area (Å²) in [6, 6.07) is 14.3. The van der Waals surface area contributed by atoms with Crippen molar-refractivity contribution in [3.8, 4) is 0 Å². The van der Waals surface area contributed by atoms with Crippen LogP contribution in [0.15, 0.2) is 42.5 Å². The van der Waals surface area contributed by atoms with E-state index < -0.39 is 0 Å². The second kappa shape index (κ2) is 5.15. The van der Waals surface area contributed by atoms with E-state index in [1.54, 1.807) is 0 Å². The molecule has 2 heterocycles. The van der Waals surface area contributed by atoms with E-state index in [2.05, 4.69) is 36.1 Å². The average molecular weight is 329 g/mol. The predicted molar refractivity (Wildman–Crippen MR) is 93.7 cm³/mol. The highest BCUT2D eigenvalue weighted by molar-refractivity contribution is 6.43. The van der Waals surface area contributed by atoms with Gasteiger partial charge in [-0.25, -0.2) is 4.98 Å². The molecular weight excluding hydrogens is 315 g/mol. The van der Waals surface area contributed by atoms with Crippen LogP contribution < -0.4 is 4.90 Å². The molecule has 1 aliphatic rings. The normalized spacial score (nSPS) is 13.7. The van der Waals surface area contributed by atoms with Crippen LogP contribution in [0, 0.1) is 6.92 Å². The first-order valence-electron chi connectivity index (χ1n) is 7.25. The Bertz CT molecular complexity index is 890. The number of benzene rings is 2. The van der Waals surface area contributed by atoms with Crippen LogP contribution in [-0.4, -0.2) is 11.5 Å². The van der Waals surface area contributed by atoms with Gasteiger partial charge < -0.3 is 4.90 Å². The molecule has 3 aromatic rings. The topological polar surface area (TPSA) is 16.1 Å². The standard InChI is InChI=1S/C18H14Cl2N2/c1-11-5-6-12-10-13-7-8-22(18(13)21-15(12)9-11)16-4-2-3-14(19)17(16)20/h2-6,9-10H,7-8H2,1H3. The summed E-state index contributed by atoms with van der Waals surface area (Å²) in [5.41, 5.74) is 4.41. The summed E-state index contributed by atoms with van der Waals surface area (Å²) in [5, 5.41) is 2.34. The molecule has 22 heavy (non-hydrogen) atoms. The number of hydrogen-bond acceptors (Lipinski definition) is 2. The Balaban J connectivity index is 1.89. The zero-order valence-corrected chi connectivity index (χ0v) is 13.6. The molecule has 0 radical (unpaired) electrons. The van der Waals surface area contributed by atoms with Gasteiger partial charge in [0.05, 0.1) is 21.2 Å². The molecule has 4 heteroatoms. The zero-order valence-electron chi connectivity index (χ0n) is 12.1. The third-order valence-corrected chi connectivity index (χ3v) is 4.92. The molecule has 0 amide bonds. The van der Waals surface area contributed by atoms with E-state index >= 15 is 0 Å². The summed E-state index contributed by atoms with van der Waals surface area (Å²) >= 11 is 12.5. The lowest BCUT2D eigenvalue weighted by molar-refractivity contribution is 0.992. The lowest BCUT2D eigenvalue weighted by Gasteiger charge is -2.20. The molecule has 0 N–H and O–H groups in total. The number of anilines is 2. The van der Waals surface area contributed by atoms with E-state index in [9.17, 15) is 0 Å². The summed E-state index contributed by atoms with van der Waals surface area (Å²) in [7, 11) is 0. The molecule has 0 saturated heterocycles. The van der Waals surface area contributed by atoms with Crippen LogP contribution in [0.1, 0.15) is 11.1 Å². The van der Waals surface area contributed by atoms with Gasteiger partial charge in [-0.2, -0.15) is 0 Å². The second-order valence-corrected chi connectivity index (χ2v) is 6.43. The Labute approximate surface area is 139 Å². The Kier molecular flexibility index (Phi) is 3.24. The number of fused-ring (bicyclic) bond motifs is 2. The Hall–Kier alpha value is -1.77. The van der Waals surface area contributed by atoms with Gasteiger partial charge in [-0.3, -0.25) is 0 Å². The van der Waals surface area contributed by atoms with Crippen molar-refractivity contribution >= 4 is 45.6 Å². The summed E-state index contributed by atoms with van der Waals surface area (Å²) in [6.45, 7) is 2.96. The zero-order chi connectivity index (χ0) is 15.3. The van der Waals surface area contributed by atoms with Gasteiger partial charge in [0.25, 0.3) is 0 Å². The number of pyridine rings is 1. The number of nitrogens with zero attached hydrogens (tertiary/aromatic N) is 2. The smallest absolute Gasteiger partial charge is 0.137 e. The van der Waals surface area contributed by atoms with Crippen molar-refractivity contribution in [2.24, 2.45) is 0 Å². The molecule has 0 fully saturated rings. The fourth-order valence-corrected chi connectivity index (χ4v) is 3.40. The molecule has 2 aromatic carbocycles. The van der Waals surface area contributed by atoms with Crippen LogP contribution in [0.25, 0.3) is 10.9 Å². The average Bonchev–Trinajstić information content (AvgIpc) is 2.90. The van der Waals surface area contributed by atoms with Crippen LogP contribution in [0.3, 0.4) is 0 Å². The molecule has 0 atom stereocenters. The van der Waals surface area contributed by atoms with Crippen molar-refractivity contribution in [1.29, 1.82) is 0 Å². The summed E-state index contributed by atoms with van der Waals surface area (Å²) in [5.74, 6) is 0.988. The van der Waals surface area contributed by atoms with Crippen LogP contribution in [0.4, 0.5) is 11.5 Å². The second-order valence-electron chi connectivity index (χ2n) is 5.64. The number of hydrogen-bond donors (Lipinski definition) is 0. The van der Waals surface area contributed by atoms with Crippen molar-refractivity contribution in [3.63, 3.8) is 0 Å². The molecule has 0 saturated carbocycles. The van der Waals surface area contributed by atoms with E-state index in [1.165, 1.54) is 16.5 Å². The SMILES string of the molecule is Cc1ccc2cc3c(nc2c1)N(c1cccc(Cl)c1Cl)CC3. The van der Waals surface area contributed by atoms with Crippen molar-refractivity contribution in [2.75, 3.05) is 11.4 Å². The summed E-state index contributed by atoms with van der Waals surface area (Å²) in [6.07, 6.45) is 0.967. The lowest BCUT2D eigenvalue weighted by atomic mass is 10.1. The van der Waals surface area contributed by atoms with Gasteiger partial charge in [0.15, 0.2) is 0 Å². The molecule has 110 valence electrons. The molecule has 1 aliphatic heterocycles. The first kappa shape index (κ1) is 13.9. The monoisotopic (exact) mass is 328 g/mol. The minimum Gasteiger partial charge on any atom is -0.324 e. The molecule has 0 spiro atoms. The molecule has 4 rings (SSSR count). The Morgan fingerprint density at radius 3 is 2.82 bits per heavy atom. The fourth-order valence-electron chi connectivity index (χ4n) is 3.00. The molecule has 0 unspecified atom stereocenters. The van der Waals surface area contributed by atoms with E-state index in [4.69, 9.17) is 28.2 Å². The molecular formula is C18H14Cl2N2. The minimum atomic E-state index is 0.573.